The van der Waals surface area contributed by atoms with Crippen molar-refractivity contribution in [1.29, 1.82) is 0 Å². The smallest absolute Gasteiger partial charge is 0.00173 e. The summed E-state index contributed by atoms with van der Waals surface area (Å²) in [5.41, 5.74) is 11.4. The zero-order valence-electron chi connectivity index (χ0n) is 14.6. The zero-order chi connectivity index (χ0) is 15.7. The summed E-state index contributed by atoms with van der Waals surface area (Å²) in [4.78, 5) is 0. The number of hydrogen-bond acceptors (Lipinski definition) is 1. The van der Waals surface area contributed by atoms with E-state index in [2.05, 4.69) is 52.8 Å². The van der Waals surface area contributed by atoms with Gasteiger partial charge in [-0.2, -0.15) is 0 Å². The molecule has 0 heterocycles. The molecule has 1 aromatic rings. The Kier molecular flexibility index (Phi) is 4.82. The number of hydrogen-bond donors (Lipinski definition) is 1. The van der Waals surface area contributed by atoms with E-state index in [-0.39, 0.29) is 0 Å². The number of benzene rings is 1. The molecule has 118 valence electrons. The summed E-state index contributed by atoms with van der Waals surface area (Å²) < 4.78 is 0. The molecular formula is C20H33N. The van der Waals surface area contributed by atoms with Gasteiger partial charge in [0.25, 0.3) is 0 Å². The fraction of sp³-hybridized carbons (Fsp3) is 0.700. The van der Waals surface area contributed by atoms with Gasteiger partial charge in [-0.05, 0) is 85.9 Å². The highest BCUT2D eigenvalue weighted by Gasteiger charge is 2.38. The molecule has 2 rings (SSSR count). The number of aryl methyl sites for hydroxylation is 2. The van der Waals surface area contributed by atoms with Crippen LogP contribution in [0.15, 0.2) is 18.2 Å². The lowest BCUT2D eigenvalue weighted by Crippen LogP contribution is -2.39. The second-order valence-corrected chi connectivity index (χ2v) is 8.39. The monoisotopic (exact) mass is 287 g/mol. The van der Waals surface area contributed by atoms with Crippen molar-refractivity contribution in [2.24, 2.45) is 22.5 Å². The van der Waals surface area contributed by atoms with Crippen LogP contribution in [-0.2, 0) is 6.42 Å². The third kappa shape index (κ3) is 3.69. The van der Waals surface area contributed by atoms with Gasteiger partial charge in [0.05, 0.1) is 0 Å². The molecule has 0 atom stereocenters. The predicted molar refractivity (Wildman–Crippen MR) is 92.5 cm³/mol. The topological polar surface area (TPSA) is 26.0 Å². The van der Waals surface area contributed by atoms with Crippen molar-refractivity contribution < 1.29 is 0 Å². The molecule has 0 unspecified atom stereocenters. The Morgan fingerprint density at radius 3 is 2.05 bits per heavy atom. The van der Waals surface area contributed by atoms with Crippen LogP contribution in [0.5, 0.6) is 0 Å². The third-order valence-corrected chi connectivity index (χ3v) is 5.90. The maximum absolute atomic E-state index is 6.24. The van der Waals surface area contributed by atoms with Gasteiger partial charge in [0.1, 0.15) is 0 Å². The molecule has 21 heavy (non-hydrogen) atoms. The van der Waals surface area contributed by atoms with E-state index in [0.717, 1.165) is 12.5 Å². The average molecular weight is 287 g/mol. The highest BCUT2D eigenvalue weighted by Crippen LogP contribution is 2.46. The number of nitrogens with two attached hydrogens (primary N) is 1. The van der Waals surface area contributed by atoms with Crippen molar-refractivity contribution >= 4 is 0 Å². The van der Waals surface area contributed by atoms with Crippen LogP contribution in [0.2, 0.25) is 0 Å². The lowest BCUT2D eigenvalue weighted by atomic mass is 9.62. The van der Waals surface area contributed by atoms with E-state index in [1.807, 2.05) is 0 Å². The first-order valence-electron chi connectivity index (χ1n) is 8.53. The summed E-state index contributed by atoms with van der Waals surface area (Å²) in [6.07, 6.45) is 6.43. The summed E-state index contributed by atoms with van der Waals surface area (Å²) in [6, 6.07) is 6.65. The van der Waals surface area contributed by atoms with Crippen LogP contribution in [0.3, 0.4) is 0 Å². The van der Waals surface area contributed by atoms with E-state index in [1.54, 1.807) is 0 Å². The Labute approximate surface area is 131 Å². The normalized spacial score (nSPS) is 26.9. The van der Waals surface area contributed by atoms with Crippen LogP contribution in [0, 0.1) is 30.6 Å². The fourth-order valence-electron chi connectivity index (χ4n) is 4.05. The molecule has 0 radical (unpaired) electrons. The predicted octanol–water partition coefficient (Wildman–Crippen LogP) is 5.03. The van der Waals surface area contributed by atoms with Crippen LogP contribution >= 0.6 is 0 Å². The minimum absolute atomic E-state index is 0.332. The van der Waals surface area contributed by atoms with E-state index in [9.17, 15) is 0 Å². The minimum Gasteiger partial charge on any atom is -0.330 e. The highest BCUT2D eigenvalue weighted by molar-refractivity contribution is 5.34. The molecule has 1 aliphatic carbocycles. The molecule has 1 aromatic carbocycles. The molecule has 0 aliphatic heterocycles. The maximum Gasteiger partial charge on any atom is -0.00173 e. The highest BCUT2D eigenvalue weighted by atomic mass is 14.6. The largest absolute Gasteiger partial charge is 0.330 e. The van der Waals surface area contributed by atoms with E-state index in [1.165, 1.54) is 48.8 Å². The maximum atomic E-state index is 6.24. The Balaban J connectivity index is 2.14. The van der Waals surface area contributed by atoms with E-state index in [4.69, 9.17) is 5.73 Å². The van der Waals surface area contributed by atoms with E-state index < -0.39 is 0 Å². The zero-order valence-corrected chi connectivity index (χ0v) is 14.6. The van der Waals surface area contributed by atoms with Crippen LogP contribution in [0.4, 0.5) is 0 Å². The molecule has 1 heteroatoms. The molecule has 0 amide bonds. The van der Waals surface area contributed by atoms with Gasteiger partial charge >= 0.3 is 0 Å². The first-order valence-corrected chi connectivity index (χ1v) is 8.53. The number of rotatable bonds is 3. The Morgan fingerprint density at radius 2 is 1.62 bits per heavy atom. The van der Waals surface area contributed by atoms with Crippen molar-refractivity contribution in [2.45, 2.75) is 66.7 Å². The van der Waals surface area contributed by atoms with Crippen LogP contribution in [0.25, 0.3) is 0 Å². The van der Waals surface area contributed by atoms with Gasteiger partial charge in [0.2, 0.25) is 0 Å². The van der Waals surface area contributed by atoms with Crippen molar-refractivity contribution in [3.05, 3.63) is 34.9 Å². The van der Waals surface area contributed by atoms with E-state index in [0.29, 0.717) is 10.8 Å². The average Bonchev–Trinajstić information content (AvgIpc) is 2.43. The van der Waals surface area contributed by atoms with Gasteiger partial charge in [-0.15, -0.1) is 0 Å². The van der Waals surface area contributed by atoms with Gasteiger partial charge in [-0.1, -0.05) is 39.0 Å². The molecule has 0 spiro atoms. The lowest BCUT2D eigenvalue weighted by molar-refractivity contribution is 0.0924. The Hall–Kier alpha value is -0.820. The first kappa shape index (κ1) is 16.5. The van der Waals surface area contributed by atoms with Crippen LogP contribution in [0.1, 0.15) is 63.1 Å². The SMILES string of the molecule is Cc1cccc(C)c1CC1(CN)CCC(C(C)(C)C)CC1. The van der Waals surface area contributed by atoms with Crippen LogP contribution < -0.4 is 5.73 Å². The van der Waals surface area contributed by atoms with Crippen molar-refractivity contribution in [2.75, 3.05) is 6.54 Å². The van der Waals surface area contributed by atoms with Crippen molar-refractivity contribution in [3.63, 3.8) is 0 Å². The van der Waals surface area contributed by atoms with Gasteiger partial charge in [-0.3, -0.25) is 0 Å². The van der Waals surface area contributed by atoms with E-state index >= 15 is 0 Å². The molecule has 1 nitrogen and oxygen atoms in total. The molecule has 0 bridgehead atoms. The summed E-state index contributed by atoms with van der Waals surface area (Å²) in [7, 11) is 0. The van der Waals surface area contributed by atoms with Gasteiger partial charge < -0.3 is 5.73 Å². The summed E-state index contributed by atoms with van der Waals surface area (Å²) in [5, 5.41) is 0. The second-order valence-electron chi connectivity index (χ2n) is 8.39. The molecule has 1 aliphatic rings. The summed E-state index contributed by atoms with van der Waals surface area (Å²) >= 11 is 0. The van der Waals surface area contributed by atoms with Gasteiger partial charge in [0, 0.05) is 0 Å². The lowest BCUT2D eigenvalue weighted by Gasteiger charge is -2.44. The molecule has 1 fully saturated rings. The Bertz CT molecular complexity index is 453. The molecule has 0 saturated heterocycles. The van der Waals surface area contributed by atoms with Crippen molar-refractivity contribution in [1.82, 2.24) is 0 Å². The quantitative estimate of drug-likeness (QED) is 0.829. The molecular weight excluding hydrogens is 254 g/mol. The molecule has 2 N–H and O–H groups in total. The molecule has 0 aromatic heterocycles. The standard InChI is InChI=1S/C20H33N/c1-15-7-6-8-16(2)18(15)13-20(14-21)11-9-17(10-12-20)19(3,4)5/h6-8,17H,9-14,21H2,1-5H3. The van der Waals surface area contributed by atoms with Crippen LogP contribution in [-0.4, -0.2) is 6.54 Å². The first-order chi connectivity index (χ1) is 9.77. The van der Waals surface area contributed by atoms with Gasteiger partial charge in [0.15, 0.2) is 0 Å². The second kappa shape index (κ2) is 6.12. The van der Waals surface area contributed by atoms with Gasteiger partial charge in [-0.25, -0.2) is 0 Å². The van der Waals surface area contributed by atoms with Crippen molar-refractivity contribution in [3.8, 4) is 0 Å². The molecule has 1 saturated carbocycles. The summed E-state index contributed by atoms with van der Waals surface area (Å²) in [6.45, 7) is 12.5. The third-order valence-electron chi connectivity index (χ3n) is 5.90. The Morgan fingerprint density at radius 1 is 1.10 bits per heavy atom. The minimum atomic E-state index is 0.332. The fourth-order valence-corrected chi connectivity index (χ4v) is 4.05. The summed E-state index contributed by atoms with van der Waals surface area (Å²) in [5.74, 6) is 0.857.